The quantitative estimate of drug-likeness (QED) is 0.706. The van der Waals surface area contributed by atoms with Gasteiger partial charge in [-0.2, -0.15) is 0 Å². The number of carbonyl (C=O) groups excluding carboxylic acids is 1. The van der Waals surface area contributed by atoms with Gasteiger partial charge in [-0.15, -0.1) is 11.3 Å². The van der Waals surface area contributed by atoms with Gasteiger partial charge in [-0.25, -0.2) is 9.78 Å². The predicted octanol–water partition coefficient (Wildman–Crippen LogP) is 0.325. The van der Waals surface area contributed by atoms with Crippen molar-refractivity contribution in [1.82, 2.24) is 10.3 Å². The van der Waals surface area contributed by atoms with E-state index in [0.717, 1.165) is 5.01 Å². The predicted molar refractivity (Wildman–Crippen MR) is 62.2 cm³/mol. The van der Waals surface area contributed by atoms with Crippen LogP contribution in [0.5, 0.6) is 0 Å². The number of aliphatic hydroxyl groups excluding tert-OH is 1. The highest BCUT2D eigenvalue weighted by molar-refractivity contribution is 7.13. The Hall–Kier alpha value is -1.47. The molecule has 0 spiro atoms. The van der Waals surface area contributed by atoms with Crippen LogP contribution >= 0.6 is 11.3 Å². The molecule has 0 saturated carbocycles. The molecular formula is C10H14N2O4S. The molecule has 0 aliphatic heterocycles. The van der Waals surface area contributed by atoms with Crippen molar-refractivity contribution in [3.05, 3.63) is 15.6 Å². The summed E-state index contributed by atoms with van der Waals surface area (Å²) in [5.74, 6) is -1.62. The third-order valence-corrected chi connectivity index (χ3v) is 3.20. The number of aromatic nitrogens is 1. The largest absolute Gasteiger partial charge is 0.480 e. The van der Waals surface area contributed by atoms with E-state index in [9.17, 15) is 9.59 Å². The van der Waals surface area contributed by atoms with Gasteiger partial charge in [-0.1, -0.05) is 0 Å². The monoisotopic (exact) mass is 258 g/mol. The first kappa shape index (κ1) is 13.6. The van der Waals surface area contributed by atoms with Crippen LogP contribution in [0, 0.1) is 13.8 Å². The van der Waals surface area contributed by atoms with Crippen molar-refractivity contribution < 1.29 is 19.8 Å². The van der Waals surface area contributed by atoms with Crippen molar-refractivity contribution in [2.45, 2.75) is 26.3 Å². The van der Waals surface area contributed by atoms with Crippen LogP contribution in [0.3, 0.4) is 0 Å². The van der Waals surface area contributed by atoms with Gasteiger partial charge < -0.3 is 15.5 Å². The van der Waals surface area contributed by atoms with Crippen LogP contribution in [0.4, 0.5) is 0 Å². The third kappa shape index (κ3) is 3.50. The Labute approximate surface area is 102 Å². The first-order valence-corrected chi connectivity index (χ1v) is 5.86. The number of amides is 1. The van der Waals surface area contributed by atoms with Crippen LogP contribution in [0.15, 0.2) is 0 Å². The molecule has 6 nitrogen and oxygen atoms in total. The summed E-state index contributed by atoms with van der Waals surface area (Å²) < 4.78 is 0. The molecule has 0 bridgehead atoms. The van der Waals surface area contributed by atoms with Crippen molar-refractivity contribution in [3.8, 4) is 0 Å². The van der Waals surface area contributed by atoms with E-state index in [0.29, 0.717) is 10.6 Å². The van der Waals surface area contributed by atoms with Crippen molar-refractivity contribution in [3.63, 3.8) is 0 Å². The van der Waals surface area contributed by atoms with Gasteiger partial charge >= 0.3 is 5.97 Å². The summed E-state index contributed by atoms with van der Waals surface area (Å²) in [6, 6.07) is -1.07. The third-order valence-electron chi connectivity index (χ3n) is 2.13. The number of nitrogens with zero attached hydrogens (tertiary/aromatic N) is 1. The maximum absolute atomic E-state index is 11.8. The van der Waals surface area contributed by atoms with E-state index in [1.54, 1.807) is 13.8 Å². The molecule has 0 aliphatic carbocycles. The zero-order valence-corrected chi connectivity index (χ0v) is 10.4. The number of carboxylic acids is 1. The van der Waals surface area contributed by atoms with E-state index in [-0.39, 0.29) is 13.0 Å². The Morgan fingerprint density at radius 3 is 2.53 bits per heavy atom. The molecule has 3 N–H and O–H groups in total. The highest BCUT2D eigenvalue weighted by Crippen LogP contribution is 2.17. The van der Waals surface area contributed by atoms with Crippen molar-refractivity contribution in [2.75, 3.05) is 6.61 Å². The summed E-state index contributed by atoms with van der Waals surface area (Å²) in [4.78, 5) is 27.1. The first-order valence-electron chi connectivity index (χ1n) is 5.04. The molecule has 1 atom stereocenters. The summed E-state index contributed by atoms with van der Waals surface area (Å²) in [5.41, 5.74) is 0.582. The van der Waals surface area contributed by atoms with Gasteiger partial charge in [0.05, 0.1) is 10.7 Å². The molecule has 1 heterocycles. The minimum atomic E-state index is -1.16. The second-order valence-corrected chi connectivity index (χ2v) is 4.73. The fourth-order valence-corrected chi connectivity index (χ4v) is 2.18. The SMILES string of the molecule is Cc1nc(C)c(C(=O)N[C@H](CCO)C(=O)O)s1. The number of hydrogen-bond donors (Lipinski definition) is 3. The molecule has 0 aromatic carbocycles. The van der Waals surface area contributed by atoms with Crippen LogP contribution in [-0.4, -0.2) is 39.7 Å². The maximum Gasteiger partial charge on any atom is 0.326 e. The number of aliphatic carboxylic acids is 1. The molecule has 1 rings (SSSR count). The zero-order valence-electron chi connectivity index (χ0n) is 9.56. The van der Waals surface area contributed by atoms with Crippen molar-refractivity contribution in [1.29, 1.82) is 0 Å². The fourth-order valence-electron chi connectivity index (χ4n) is 1.35. The lowest BCUT2D eigenvalue weighted by molar-refractivity contribution is -0.139. The molecule has 0 saturated heterocycles. The van der Waals surface area contributed by atoms with Gasteiger partial charge in [0.2, 0.25) is 0 Å². The fraction of sp³-hybridized carbons (Fsp3) is 0.500. The number of aryl methyl sites for hydroxylation is 2. The molecule has 7 heteroatoms. The first-order chi connectivity index (χ1) is 7.95. The van der Waals surface area contributed by atoms with E-state index >= 15 is 0 Å². The van der Waals surface area contributed by atoms with Gasteiger partial charge in [-0.3, -0.25) is 4.79 Å². The zero-order chi connectivity index (χ0) is 13.0. The minimum Gasteiger partial charge on any atom is -0.480 e. The molecule has 94 valence electrons. The Morgan fingerprint density at radius 2 is 2.12 bits per heavy atom. The topological polar surface area (TPSA) is 99.5 Å². The number of carboxylic acid groups (broad SMARTS) is 1. The van der Waals surface area contributed by atoms with Crippen LogP contribution < -0.4 is 5.32 Å². The Kier molecular flexibility index (Phi) is 4.59. The van der Waals surface area contributed by atoms with E-state index in [4.69, 9.17) is 10.2 Å². The molecular weight excluding hydrogens is 244 g/mol. The van der Waals surface area contributed by atoms with Gasteiger partial charge in [-0.05, 0) is 13.8 Å². The molecule has 17 heavy (non-hydrogen) atoms. The molecule has 0 radical (unpaired) electrons. The lowest BCUT2D eigenvalue weighted by atomic mass is 10.2. The summed E-state index contributed by atoms with van der Waals surface area (Å²) >= 11 is 1.22. The number of nitrogens with one attached hydrogen (secondary N) is 1. The second kappa shape index (κ2) is 5.74. The van der Waals surface area contributed by atoms with Gasteiger partial charge in [0.15, 0.2) is 0 Å². The standard InChI is InChI=1S/C10H14N2O4S/c1-5-8(17-6(2)11-5)9(14)12-7(3-4-13)10(15)16/h7,13H,3-4H2,1-2H3,(H,12,14)(H,15,16)/t7-/m1/s1. The number of hydrogen-bond acceptors (Lipinski definition) is 5. The van der Waals surface area contributed by atoms with Gasteiger partial charge in [0, 0.05) is 13.0 Å². The molecule has 0 unspecified atom stereocenters. The van der Waals surface area contributed by atoms with Crippen LogP contribution in [0.25, 0.3) is 0 Å². The van der Waals surface area contributed by atoms with Crippen molar-refractivity contribution >= 4 is 23.2 Å². The summed E-state index contributed by atoms with van der Waals surface area (Å²) in [6.07, 6.45) is -0.0160. The number of rotatable bonds is 5. The Bertz CT molecular complexity index is 430. The van der Waals surface area contributed by atoms with E-state index in [1.807, 2.05) is 0 Å². The molecule has 0 fully saturated rings. The number of thiazole rings is 1. The number of carbonyl (C=O) groups is 2. The molecule has 1 aromatic rings. The summed E-state index contributed by atoms with van der Waals surface area (Å²) in [7, 11) is 0. The van der Waals surface area contributed by atoms with Crippen molar-refractivity contribution in [2.24, 2.45) is 0 Å². The normalized spacial score (nSPS) is 12.2. The molecule has 0 aliphatic rings. The second-order valence-electron chi connectivity index (χ2n) is 3.52. The maximum atomic E-state index is 11.8. The Morgan fingerprint density at radius 1 is 1.47 bits per heavy atom. The van der Waals surface area contributed by atoms with E-state index in [2.05, 4.69) is 10.3 Å². The lowest BCUT2D eigenvalue weighted by Gasteiger charge is -2.12. The smallest absolute Gasteiger partial charge is 0.326 e. The van der Waals surface area contributed by atoms with Gasteiger partial charge in [0.1, 0.15) is 10.9 Å². The molecule has 1 amide bonds. The summed E-state index contributed by atoms with van der Waals surface area (Å²) in [6.45, 7) is 3.18. The van der Waals surface area contributed by atoms with Crippen LogP contribution in [-0.2, 0) is 4.79 Å². The highest BCUT2D eigenvalue weighted by atomic mass is 32.1. The van der Waals surface area contributed by atoms with E-state index < -0.39 is 17.9 Å². The average molecular weight is 258 g/mol. The van der Waals surface area contributed by atoms with Gasteiger partial charge in [0.25, 0.3) is 5.91 Å². The summed E-state index contributed by atoms with van der Waals surface area (Å²) in [5, 5.41) is 20.7. The highest BCUT2D eigenvalue weighted by Gasteiger charge is 2.22. The van der Waals surface area contributed by atoms with E-state index in [1.165, 1.54) is 11.3 Å². The van der Waals surface area contributed by atoms with Crippen LogP contribution in [0.2, 0.25) is 0 Å². The number of aliphatic hydroxyl groups is 1. The molecule has 1 aromatic heterocycles. The minimum absolute atomic E-state index is 0.0160. The average Bonchev–Trinajstić information content (AvgIpc) is 2.57. The lowest BCUT2D eigenvalue weighted by Crippen LogP contribution is -2.41. The van der Waals surface area contributed by atoms with Crippen LogP contribution in [0.1, 0.15) is 26.8 Å². The Balaban J connectivity index is 2.77.